The van der Waals surface area contributed by atoms with Gasteiger partial charge < -0.3 is 5.32 Å². The van der Waals surface area contributed by atoms with E-state index < -0.39 is 11.3 Å². The molecule has 6 nitrogen and oxygen atoms in total. The largest absolute Gasteiger partial charge is 0.335 e. The maximum atomic E-state index is 12.4. The van der Waals surface area contributed by atoms with E-state index in [-0.39, 0.29) is 11.9 Å². The van der Waals surface area contributed by atoms with Gasteiger partial charge in [0.1, 0.15) is 0 Å². The first-order valence-corrected chi connectivity index (χ1v) is 10.3. The van der Waals surface area contributed by atoms with Crippen molar-refractivity contribution in [1.29, 1.82) is 0 Å². The zero-order valence-corrected chi connectivity index (χ0v) is 16.9. The fraction of sp³-hybridized carbons (Fsp3) is 0.421. The van der Waals surface area contributed by atoms with Gasteiger partial charge in [0.05, 0.1) is 10.9 Å². The van der Waals surface area contributed by atoms with Gasteiger partial charge in [-0.1, -0.05) is 42.3 Å². The van der Waals surface area contributed by atoms with E-state index in [2.05, 4.69) is 15.6 Å². The summed E-state index contributed by atoms with van der Waals surface area (Å²) in [7, 11) is 0. The van der Waals surface area contributed by atoms with Gasteiger partial charge in [0.2, 0.25) is 5.91 Å². The Kier molecular flexibility index (Phi) is 6.44. The minimum absolute atomic E-state index is 0.172. The van der Waals surface area contributed by atoms with E-state index in [1.165, 1.54) is 11.8 Å². The van der Waals surface area contributed by atoms with Crippen molar-refractivity contribution < 1.29 is 9.59 Å². The summed E-state index contributed by atoms with van der Waals surface area (Å²) < 4.78 is 1.90. The predicted molar refractivity (Wildman–Crippen MR) is 108 cm³/mol. The molecule has 144 valence electrons. The van der Waals surface area contributed by atoms with Crippen molar-refractivity contribution in [3.8, 4) is 5.69 Å². The summed E-state index contributed by atoms with van der Waals surface area (Å²) in [4.78, 5) is 28.7. The monoisotopic (exact) mass is 406 g/mol. The molecule has 8 heteroatoms. The SMILES string of the molecule is Cc1c(Cl)cccc1-n1ccnc1S[C@@H](C)C(=O)NC(=O)NC1CCCC1. The Hall–Kier alpha value is -1.99. The average molecular weight is 407 g/mol. The molecule has 0 aliphatic heterocycles. The lowest BCUT2D eigenvalue weighted by Crippen LogP contribution is -2.45. The summed E-state index contributed by atoms with van der Waals surface area (Å²) in [6, 6.07) is 5.41. The smallest absolute Gasteiger partial charge is 0.321 e. The third kappa shape index (κ3) is 4.84. The Morgan fingerprint density at radius 2 is 2.07 bits per heavy atom. The third-order valence-corrected chi connectivity index (χ3v) is 6.17. The summed E-state index contributed by atoms with van der Waals surface area (Å²) >= 11 is 7.51. The normalized spacial score (nSPS) is 15.5. The van der Waals surface area contributed by atoms with Gasteiger partial charge in [0.25, 0.3) is 0 Å². The van der Waals surface area contributed by atoms with Gasteiger partial charge in [-0.2, -0.15) is 0 Å². The maximum absolute atomic E-state index is 12.4. The molecule has 1 saturated carbocycles. The zero-order chi connectivity index (χ0) is 19.4. The Balaban J connectivity index is 1.63. The topological polar surface area (TPSA) is 76.0 Å². The van der Waals surface area contributed by atoms with Crippen LogP contribution in [-0.4, -0.2) is 32.8 Å². The van der Waals surface area contributed by atoms with Crippen LogP contribution >= 0.6 is 23.4 Å². The van der Waals surface area contributed by atoms with Crippen molar-refractivity contribution in [3.63, 3.8) is 0 Å². The summed E-state index contributed by atoms with van der Waals surface area (Å²) in [6.45, 7) is 3.70. The van der Waals surface area contributed by atoms with E-state index in [0.717, 1.165) is 36.9 Å². The van der Waals surface area contributed by atoms with E-state index in [1.807, 2.05) is 35.9 Å². The van der Waals surface area contributed by atoms with Crippen molar-refractivity contribution in [1.82, 2.24) is 20.2 Å². The second-order valence-electron chi connectivity index (χ2n) is 6.67. The number of hydrogen-bond acceptors (Lipinski definition) is 4. The van der Waals surface area contributed by atoms with Crippen molar-refractivity contribution in [3.05, 3.63) is 41.2 Å². The van der Waals surface area contributed by atoms with E-state index in [0.29, 0.717) is 10.2 Å². The molecule has 1 aromatic heterocycles. The quantitative estimate of drug-likeness (QED) is 0.733. The number of imidazole rings is 1. The molecule has 1 fully saturated rings. The fourth-order valence-corrected chi connectivity index (χ4v) is 4.18. The number of imide groups is 1. The van der Waals surface area contributed by atoms with E-state index in [4.69, 9.17) is 11.6 Å². The van der Waals surface area contributed by atoms with E-state index in [9.17, 15) is 9.59 Å². The predicted octanol–water partition coefficient (Wildman–Crippen LogP) is 4.08. The molecular weight excluding hydrogens is 384 g/mol. The molecule has 0 radical (unpaired) electrons. The van der Waals surface area contributed by atoms with Crippen LogP contribution in [0.2, 0.25) is 5.02 Å². The Morgan fingerprint density at radius 1 is 1.33 bits per heavy atom. The summed E-state index contributed by atoms with van der Waals surface area (Å²) in [5.74, 6) is -0.340. The summed E-state index contributed by atoms with van der Waals surface area (Å²) in [6.07, 6.45) is 7.71. The number of hydrogen-bond donors (Lipinski definition) is 2. The molecule has 0 bridgehead atoms. The van der Waals surface area contributed by atoms with Gasteiger partial charge in [-0.3, -0.25) is 14.7 Å². The number of thioether (sulfide) groups is 1. The first kappa shape index (κ1) is 19.8. The van der Waals surface area contributed by atoms with Gasteiger partial charge in [0.15, 0.2) is 5.16 Å². The van der Waals surface area contributed by atoms with Crippen LogP contribution < -0.4 is 10.6 Å². The molecule has 1 atom stereocenters. The van der Waals surface area contributed by atoms with Crippen LogP contribution in [-0.2, 0) is 4.79 Å². The number of rotatable bonds is 5. The maximum Gasteiger partial charge on any atom is 0.321 e. The van der Waals surface area contributed by atoms with Crippen LogP contribution in [0.1, 0.15) is 38.2 Å². The van der Waals surface area contributed by atoms with Crippen LogP contribution in [0.3, 0.4) is 0 Å². The number of carbonyl (C=O) groups excluding carboxylic acids is 2. The highest BCUT2D eigenvalue weighted by molar-refractivity contribution is 8.00. The Bertz CT molecular complexity index is 833. The number of nitrogens with one attached hydrogen (secondary N) is 2. The third-order valence-electron chi connectivity index (χ3n) is 4.68. The highest BCUT2D eigenvalue weighted by Gasteiger charge is 2.22. The molecule has 2 N–H and O–H groups in total. The molecule has 0 saturated heterocycles. The number of aromatic nitrogens is 2. The van der Waals surface area contributed by atoms with Gasteiger partial charge >= 0.3 is 6.03 Å². The zero-order valence-electron chi connectivity index (χ0n) is 15.4. The van der Waals surface area contributed by atoms with Gasteiger partial charge in [-0.25, -0.2) is 9.78 Å². The fourth-order valence-electron chi connectivity index (χ4n) is 3.13. The average Bonchev–Trinajstić information content (AvgIpc) is 3.29. The number of nitrogens with zero attached hydrogens (tertiary/aromatic N) is 2. The molecule has 1 aliphatic carbocycles. The van der Waals surface area contributed by atoms with E-state index >= 15 is 0 Å². The van der Waals surface area contributed by atoms with Crippen LogP contribution in [0.5, 0.6) is 0 Å². The van der Waals surface area contributed by atoms with E-state index in [1.54, 1.807) is 13.1 Å². The number of halogens is 1. The molecule has 3 amide bonds. The first-order valence-electron chi connectivity index (χ1n) is 9.02. The van der Waals surface area contributed by atoms with Gasteiger partial charge in [-0.15, -0.1) is 0 Å². The standard InChI is InChI=1S/C19H23ClN4O2S/c1-12-15(20)8-5-9-16(12)24-11-10-21-19(24)27-13(2)17(25)23-18(26)22-14-6-3-4-7-14/h5,8-11,13-14H,3-4,6-7H2,1-2H3,(H2,22,23,25,26)/t13-/m0/s1. The second-order valence-corrected chi connectivity index (χ2v) is 8.38. The summed E-state index contributed by atoms with van der Waals surface area (Å²) in [5, 5.41) is 6.16. The lowest BCUT2D eigenvalue weighted by molar-refractivity contribution is -0.119. The minimum atomic E-state index is -0.472. The van der Waals surface area contributed by atoms with Crippen LogP contribution in [0.15, 0.2) is 35.7 Å². The van der Waals surface area contributed by atoms with Crippen molar-refractivity contribution in [2.45, 2.75) is 56.0 Å². The molecule has 1 aliphatic rings. The Labute approximate surface area is 168 Å². The molecule has 1 aromatic carbocycles. The van der Waals surface area contributed by atoms with Crippen LogP contribution in [0.25, 0.3) is 5.69 Å². The molecule has 3 rings (SSSR count). The minimum Gasteiger partial charge on any atom is -0.335 e. The first-order chi connectivity index (χ1) is 13.0. The molecule has 0 spiro atoms. The molecule has 1 heterocycles. The molecular formula is C19H23ClN4O2S. The lowest BCUT2D eigenvalue weighted by atomic mass is 10.2. The van der Waals surface area contributed by atoms with Crippen LogP contribution in [0, 0.1) is 6.92 Å². The summed E-state index contributed by atoms with van der Waals surface area (Å²) in [5.41, 5.74) is 1.85. The highest BCUT2D eigenvalue weighted by Crippen LogP contribution is 2.28. The van der Waals surface area contributed by atoms with Gasteiger partial charge in [-0.05, 0) is 44.4 Å². The number of carbonyl (C=O) groups is 2. The van der Waals surface area contributed by atoms with Gasteiger partial charge in [0, 0.05) is 23.5 Å². The number of amides is 3. The van der Waals surface area contributed by atoms with Crippen LogP contribution in [0.4, 0.5) is 4.79 Å². The van der Waals surface area contributed by atoms with Crippen molar-refractivity contribution in [2.75, 3.05) is 0 Å². The number of benzene rings is 1. The van der Waals surface area contributed by atoms with Crippen molar-refractivity contribution in [2.24, 2.45) is 0 Å². The number of urea groups is 1. The lowest BCUT2D eigenvalue weighted by Gasteiger charge is -2.16. The molecule has 2 aromatic rings. The second kappa shape index (κ2) is 8.80. The van der Waals surface area contributed by atoms with Crippen molar-refractivity contribution >= 4 is 35.3 Å². The molecule has 27 heavy (non-hydrogen) atoms. The highest BCUT2D eigenvalue weighted by atomic mass is 35.5. The molecule has 0 unspecified atom stereocenters. The Morgan fingerprint density at radius 3 is 2.81 bits per heavy atom.